The molecule has 0 fully saturated rings. The highest BCUT2D eigenvalue weighted by molar-refractivity contribution is 6.37. The molecule has 0 spiro atoms. The summed E-state index contributed by atoms with van der Waals surface area (Å²) in [5.74, 6) is 0.908. The number of unbranched alkanes of at least 4 members (excludes halogenated alkanes) is 1. The van der Waals surface area contributed by atoms with Crippen LogP contribution in [0.25, 0.3) is 11.0 Å². The summed E-state index contributed by atoms with van der Waals surface area (Å²) in [4.78, 5) is 16.5. The predicted octanol–water partition coefficient (Wildman–Crippen LogP) is 5.55. The minimum atomic E-state index is -0.522. The molecular weight excluding hydrogens is 437 g/mol. The number of hydrogen-bond donors (Lipinski definition) is 1. The molecule has 0 unspecified atom stereocenters. The molecule has 2 aromatic heterocycles. The number of amides is 1. The van der Waals surface area contributed by atoms with Crippen LogP contribution in [0.4, 0.5) is 4.79 Å². The highest BCUT2D eigenvalue weighted by atomic mass is 35.5. The van der Waals surface area contributed by atoms with E-state index in [4.69, 9.17) is 27.9 Å². The lowest BCUT2D eigenvalue weighted by molar-refractivity contribution is 0.0523. The van der Waals surface area contributed by atoms with Crippen molar-refractivity contribution >= 4 is 40.3 Å². The minimum absolute atomic E-state index is 0.250. The van der Waals surface area contributed by atoms with Crippen LogP contribution in [-0.2, 0) is 24.2 Å². The van der Waals surface area contributed by atoms with Gasteiger partial charge in [0.15, 0.2) is 10.3 Å². The van der Waals surface area contributed by atoms with Crippen molar-refractivity contribution in [3.05, 3.63) is 51.5 Å². The van der Waals surface area contributed by atoms with Crippen LogP contribution in [0.5, 0.6) is 0 Å². The summed E-state index contributed by atoms with van der Waals surface area (Å²) in [5.41, 5.74) is 2.80. The number of alkyl carbamates (subject to hydrolysis) is 1. The van der Waals surface area contributed by atoms with E-state index in [1.807, 2.05) is 45.0 Å². The van der Waals surface area contributed by atoms with Crippen LogP contribution in [0.15, 0.2) is 24.3 Å². The van der Waals surface area contributed by atoms with Crippen molar-refractivity contribution in [1.82, 2.24) is 25.1 Å². The molecule has 3 rings (SSSR count). The Labute approximate surface area is 192 Å². The molecular formula is C22H27Cl2N5O2. The first kappa shape index (κ1) is 23.3. The monoisotopic (exact) mass is 463 g/mol. The number of carbonyl (C=O) groups is 1. The second-order valence-corrected chi connectivity index (χ2v) is 9.08. The molecule has 0 atom stereocenters. The van der Waals surface area contributed by atoms with Crippen LogP contribution in [0, 0.1) is 0 Å². The molecule has 1 aromatic carbocycles. The lowest BCUT2D eigenvalue weighted by Gasteiger charge is -2.19. The molecule has 1 amide bonds. The standard InChI is InChI=1S/C22H27Cl2N5O2/c1-5-6-7-16-26-17-18(20(24)28-27-19(17)23)29(16)13-15-10-8-14(9-11-15)12-25-21(30)31-22(2,3)4/h8-11H,5-7,12-13H2,1-4H3,(H,25,30). The van der Waals surface area contributed by atoms with E-state index in [0.717, 1.165) is 36.2 Å². The van der Waals surface area contributed by atoms with Gasteiger partial charge in [0, 0.05) is 19.5 Å². The number of hydrogen-bond acceptors (Lipinski definition) is 5. The van der Waals surface area contributed by atoms with Gasteiger partial charge in [-0.2, -0.15) is 0 Å². The summed E-state index contributed by atoms with van der Waals surface area (Å²) in [6.45, 7) is 8.61. The van der Waals surface area contributed by atoms with Crippen molar-refractivity contribution in [2.75, 3.05) is 0 Å². The molecule has 31 heavy (non-hydrogen) atoms. The fraction of sp³-hybridized carbons (Fsp3) is 0.455. The topological polar surface area (TPSA) is 81.9 Å². The van der Waals surface area contributed by atoms with E-state index in [1.54, 1.807) is 0 Å². The summed E-state index contributed by atoms with van der Waals surface area (Å²) in [5, 5.41) is 11.1. The first-order valence-corrected chi connectivity index (χ1v) is 11.0. The van der Waals surface area contributed by atoms with E-state index in [1.165, 1.54) is 0 Å². The number of nitrogens with one attached hydrogen (secondary N) is 1. The van der Waals surface area contributed by atoms with Crippen molar-refractivity contribution in [3.8, 4) is 0 Å². The van der Waals surface area contributed by atoms with Gasteiger partial charge in [-0.15, -0.1) is 10.2 Å². The average molecular weight is 464 g/mol. The van der Waals surface area contributed by atoms with Gasteiger partial charge >= 0.3 is 6.09 Å². The molecule has 166 valence electrons. The van der Waals surface area contributed by atoms with Gasteiger partial charge in [0.1, 0.15) is 22.5 Å². The van der Waals surface area contributed by atoms with Crippen molar-refractivity contribution in [2.24, 2.45) is 0 Å². The first-order valence-electron chi connectivity index (χ1n) is 10.3. The molecule has 0 radical (unpaired) electrons. The molecule has 2 heterocycles. The lowest BCUT2D eigenvalue weighted by atomic mass is 10.1. The number of fused-ring (bicyclic) bond motifs is 1. The van der Waals surface area contributed by atoms with Gasteiger partial charge in [-0.25, -0.2) is 9.78 Å². The van der Waals surface area contributed by atoms with Crippen LogP contribution >= 0.6 is 23.2 Å². The van der Waals surface area contributed by atoms with Crippen LogP contribution in [0.2, 0.25) is 10.3 Å². The maximum absolute atomic E-state index is 11.8. The van der Waals surface area contributed by atoms with Gasteiger partial charge in [-0.3, -0.25) is 0 Å². The summed E-state index contributed by atoms with van der Waals surface area (Å²) in [6.07, 6.45) is 2.44. The number of nitrogens with zero attached hydrogens (tertiary/aromatic N) is 4. The Bertz CT molecular complexity index is 1060. The van der Waals surface area contributed by atoms with E-state index in [9.17, 15) is 4.79 Å². The second kappa shape index (κ2) is 9.83. The van der Waals surface area contributed by atoms with Crippen LogP contribution in [-0.4, -0.2) is 31.4 Å². The summed E-state index contributed by atoms with van der Waals surface area (Å²) in [6, 6.07) is 8.00. The Morgan fingerprint density at radius 3 is 2.39 bits per heavy atom. The van der Waals surface area contributed by atoms with Crippen LogP contribution in [0.1, 0.15) is 57.5 Å². The van der Waals surface area contributed by atoms with E-state index in [0.29, 0.717) is 24.1 Å². The smallest absolute Gasteiger partial charge is 0.407 e. The number of imidazole rings is 1. The Balaban J connectivity index is 1.78. The largest absolute Gasteiger partial charge is 0.444 e. The van der Waals surface area contributed by atoms with Gasteiger partial charge < -0.3 is 14.6 Å². The Morgan fingerprint density at radius 2 is 1.74 bits per heavy atom. The predicted molar refractivity (Wildman–Crippen MR) is 123 cm³/mol. The van der Waals surface area contributed by atoms with Gasteiger partial charge in [-0.1, -0.05) is 60.8 Å². The minimum Gasteiger partial charge on any atom is -0.444 e. The maximum atomic E-state index is 11.8. The third kappa shape index (κ3) is 6.08. The third-order valence-corrected chi connectivity index (χ3v) is 5.13. The molecule has 9 heteroatoms. The zero-order chi connectivity index (χ0) is 22.6. The van der Waals surface area contributed by atoms with Gasteiger partial charge in [-0.05, 0) is 38.3 Å². The number of halogens is 2. The van der Waals surface area contributed by atoms with E-state index >= 15 is 0 Å². The number of aryl methyl sites for hydroxylation is 1. The van der Waals surface area contributed by atoms with E-state index < -0.39 is 11.7 Å². The SMILES string of the molecule is CCCCc1nc2c(Cl)nnc(Cl)c2n1Cc1ccc(CNC(=O)OC(C)(C)C)cc1. The number of carbonyl (C=O) groups excluding carboxylic acids is 1. The Morgan fingerprint density at radius 1 is 1.10 bits per heavy atom. The molecule has 0 saturated heterocycles. The van der Waals surface area contributed by atoms with E-state index in [-0.39, 0.29) is 10.3 Å². The maximum Gasteiger partial charge on any atom is 0.407 e. The molecule has 0 aliphatic rings. The normalized spacial score (nSPS) is 11.7. The van der Waals surface area contributed by atoms with Crippen molar-refractivity contribution in [3.63, 3.8) is 0 Å². The highest BCUT2D eigenvalue weighted by Crippen LogP contribution is 2.28. The lowest BCUT2D eigenvalue weighted by Crippen LogP contribution is -2.32. The summed E-state index contributed by atoms with van der Waals surface area (Å²) < 4.78 is 7.32. The first-order chi connectivity index (χ1) is 14.7. The number of ether oxygens (including phenoxy) is 1. The Hall–Kier alpha value is -2.38. The van der Waals surface area contributed by atoms with Gasteiger partial charge in [0.2, 0.25) is 0 Å². The highest BCUT2D eigenvalue weighted by Gasteiger charge is 2.18. The number of rotatable bonds is 7. The number of aromatic nitrogens is 4. The Kier molecular flexibility index (Phi) is 7.38. The van der Waals surface area contributed by atoms with Crippen molar-refractivity contribution < 1.29 is 9.53 Å². The fourth-order valence-electron chi connectivity index (χ4n) is 3.16. The second-order valence-electron chi connectivity index (χ2n) is 8.37. The average Bonchev–Trinajstić information content (AvgIpc) is 3.07. The quantitative estimate of drug-likeness (QED) is 0.496. The van der Waals surface area contributed by atoms with Crippen LogP contribution < -0.4 is 5.32 Å². The number of benzene rings is 1. The van der Waals surface area contributed by atoms with Gasteiger partial charge in [0.25, 0.3) is 0 Å². The van der Waals surface area contributed by atoms with E-state index in [2.05, 4.69) is 32.0 Å². The zero-order valence-corrected chi connectivity index (χ0v) is 19.7. The summed E-state index contributed by atoms with van der Waals surface area (Å²) in [7, 11) is 0. The molecule has 3 aromatic rings. The molecule has 0 bridgehead atoms. The zero-order valence-electron chi connectivity index (χ0n) is 18.2. The van der Waals surface area contributed by atoms with Crippen molar-refractivity contribution in [2.45, 2.75) is 65.6 Å². The molecule has 0 saturated carbocycles. The molecule has 0 aliphatic heterocycles. The summed E-state index contributed by atoms with van der Waals surface area (Å²) >= 11 is 12.6. The van der Waals surface area contributed by atoms with Crippen molar-refractivity contribution in [1.29, 1.82) is 0 Å². The van der Waals surface area contributed by atoms with Crippen LogP contribution in [0.3, 0.4) is 0 Å². The fourth-order valence-corrected chi connectivity index (χ4v) is 3.56. The molecule has 1 N–H and O–H groups in total. The molecule has 0 aliphatic carbocycles. The third-order valence-electron chi connectivity index (χ3n) is 4.62. The molecule has 7 nitrogen and oxygen atoms in total. The van der Waals surface area contributed by atoms with Gasteiger partial charge in [0.05, 0.1) is 0 Å².